The standard InChI is InChI=1S/C11H16N4O/c1-8-9(2)13-11(7-12-8)15-5-3-10(14-16)4-6-15/h7,16H,3-6H2,1-2H3. The van der Waals surface area contributed by atoms with E-state index in [4.69, 9.17) is 5.21 Å². The van der Waals surface area contributed by atoms with Gasteiger partial charge in [-0.2, -0.15) is 0 Å². The van der Waals surface area contributed by atoms with Crippen LogP contribution in [-0.4, -0.2) is 34.0 Å². The Morgan fingerprint density at radius 1 is 1.25 bits per heavy atom. The van der Waals surface area contributed by atoms with Gasteiger partial charge in [0.15, 0.2) is 0 Å². The van der Waals surface area contributed by atoms with E-state index >= 15 is 0 Å². The van der Waals surface area contributed by atoms with Gasteiger partial charge in [0.2, 0.25) is 0 Å². The molecule has 0 radical (unpaired) electrons. The third-order valence-corrected chi connectivity index (χ3v) is 2.99. The zero-order valence-corrected chi connectivity index (χ0v) is 9.64. The lowest BCUT2D eigenvalue weighted by molar-refractivity contribution is 0.315. The van der Waals surface area contributed by atoms with Gasteiger partial charge in [0.05, 0.1) is 23.3 Å². The maximum atomic E-state index is 8.67. The monoisotopic (exact) mass is 220 g/mol. The van der Waals surface area contributed by atoms with E-state index in [-0.39, 0.29) is 0 Å². The number of anilines is 1. The number of rotatable bonds is 1. The minimum Gasteiger partial charge on any atom is -0.411 e. The molecule has 5 nitrogen and oxygen atoms in total. The lowest BCUT2D eigenvalue weighted by Gasteiger charge is -2.28. The molecule has 1 aromatic rings. The number of aryl methyl sites for hydroxylation is 2. The molecular weight excluding hydrogens is 204 g/mol. The molecule has 0 spiro atoms. The highest BCUT2D eigenvalue weighted by molar-refractivity contribution is 5.85. The van der Waals surface area contributed by atoms with Gasteiger partial charge >= 0.3 is 0 Å². The van der Waals surface area contributed by atoms with Crippen LogP contribution in [0.25, 0.3) is 0 Å². The number of hydrogen-bond acceptors (Lipinski definition) is 5. The smallest absolute Gasteiger partial charge is 0.147 e. The molecule has 1 aromatic heterocycles. The van der Waals surface area contributed by atoms with Crippen LogP contribution in [0.3, 0.4) is 0 Å². The third-order valence-electron chi connectivity index (χ3n) is 2.99. The van der Waals surface area contributed by atoms with Gasteiger partial charge in [-0.15, -0.1) is 0 Å². The van der Waals surface area contributed by atoms with E-state index in [9.17, 15) is 0 Å². The number of piperidine rings is 1. The Balaban J connectivity index is 2.11. The quantitative estimate of drug-likeness (QED) is 0.576. The fourth-order valence-corrected chi connectivity index (χ4v) is 1.78. The van der Waals surface area contributed by atoms with E-state index < -0.39 is 0 Å². The summed E-state index contributed by atoms with van der Waals surface area (Å²) in [5, 5.41) is 11.9. The molecule has 86 valence electrons. The minimum absolute atomic E-state index is 0.797. The van der Waals surface area contributed by atoms with Gasteiger partial charge in [-0.1, -0.05) is 5.16 Å². The molecule has 5 heteroatoms. The maximum Gasteiger partial charge on any atom is 0.147 e. The van der Waals surface area contributed by atoms with Crippen molar-refractivity contribution in [1.29, 1.82) is 0 Å². The van der Waals surface area contributed by atoms with E-state index in [0.717, 1.165) is 48.8 Å². The first-order chi connectivity index (χ1) is 7.70. The van der Waals surface area contributed by atoms with Crippen LogP contribution in [0.4, 0.5) is 5.82 Å². The predicted molar refractivity (Wildman–Crippen MR) is 62.2 cm³/mol. The van der Waals surface area contributed by atoms with Gasteiger partial charge in [0.25, 0.3) is 0 Å². The van der Waals surface area contributed by atoms with Crippen molar-refractivity contribution in [2.45, 2.75) is 26.7 Å². The highest BCUT2D eigenvalue weighted by Crippen LogP contribution is 2.16. The highest BCUT2D eigenvalue weighted by Gasteiger charge is 2.17. The Morgan fingerprint density at radius 2 is 1.94 bits per heavy atom. The summed E-state index contributed by atoms with van der Waals surface area (Å²) < 4.78 is 0. The fraction of sp³-hybridized carbons (Fsp3) is 0.545. The summed E-state index contributed by atoms with van der Waals surface area (Å²) in [4.78, 5) is 11.0. The molecule has 0 bridgehead atoms. The third kappa shape index (κ3) is 2.13. The van der Waals surface area contributed by atoms with Gasteiger partial charge in [0, 0.05) is 25.9 Å². The van der Waals surface area contributed by atoms with Gasteiger partial charge < -0.3 is 10.1 Å². The van der Waals surface area contributed by atoms with Crippen LogP contribution < -0.4 is 4.90 Å². The molecule has 2 rings (SSSR count). The molecule has 1 aliphatic heterocycles. The molecule has 0 amide bonds. The van der Waals surface area contributed by atoms with Gasteiger partial charge in [-0.3, -0.25) is 4.98 Å². The van der Waals surface area contributed by atoms with Crippen molar-refractivity contribution >= 4 is 11.5 Å². The Kier molecular flexibility index (Phi) is 3.03. The summed E-state index contributed by atoms with van der Waals surface area (Å²) in [6.07, 6.45) is 3.40. The number of aromatic nitrogens is 2. The molecule has 16 heavy (non-hydrogen) atoms. The van der Waals surface area contributed by atoms with E-state index in [1.54, 1.807) is 0 Å². The number of hydrogen-bond donors (Lipinski definition) is 1. The Bertz CT molecular complexity index is 406. The first-order valence-electron chi connectivity index (χ1n) is 5.45. The normalized spacial score (nSPS) is 16.4. The summed E-state index contributed by atoms with van der Waals surface area (Å²) in [7, 11) is 0. The van der Waals surface area contributed by atoms with Crippen molar-refractivity contribution in [1.82, 2.24) is 9.97 Å². The summed E-state index contributed by atoms with van der Waals surface area (Å²) in [6.45, 7) is 5.61. The van der Waals surface area contributed by atoms with Crippen molar-refractivity contribution in [2.24, 2.45) is 5.16 Å². The van der Waals surface area contributed by atoms with Crippen molar-refractivity contribution in [3.63, 3.8) is 0 Å². The molecule has 2 heterocycles. The molecule has 1 N–H and O–H groups in total. The van der Waals surface area contributed by atoms with Crippen LogP contribution in [-0.2, 0) is 0 Å². The summed E-state index contributed by atoms with van der Waals surface area (Å²) >= 11 is 0. The molecule has 0 aliphatic carbocycles. The summed E-state index contributed by atoms with van der Waals surface area (Å²) in [5.74, 6) is 0.917. The highest BCUT2D eigenvalue weighted by atomic mass is 16.4. The molecule has 1 aliphatic rings. The van der Waals surface area contributed by atoms with Crippen LogP contribution in [0.15, 0.2) is 11.4 Å². The molecule has 0 atom stereocenters. The van der Waals surface area contributed by atoms with Crippen LogP contribution >= 0.6 is 0 Å². The predicted octanol–water partition coefficient (Wildman–Crippen LogP) is 1.52. The SMILES string of the molecule is Cc1ncc(N2CCC(=NO)CC2)nc1C. The molecule has 0 unspecified atom stereocenters. The average Bonchev–Trinajstić information content (AvgIpc) is 2.33. The van der Waals surface area contributed by atoms with Gasteiger partial charge in [-0.25, -0.2) is 4.98 Å². The Labute approximate surface area is 94.8 Å². The second-order valence-electron chi connectivity index (χ2n) is 4.05. The van der Waals surface area contributed by atoms with E-state index in [0.29, 0.717) is 0 Å². The first-order valence-corrected chi connectivity index (χ1v) is 5.45. The zero-order valence-electron chi connectivity index (χ0n) is 9.64. The van der Waals surface area contributed by atoms with Crippen molar-refractivity contribution < 1.29 is 5.21 Å². The van der Waals surface area contributed by atoms with Crippen LogP contribution in [0.1, 0.15) is 24.2 Å². The lowest BCUT2D eigenvalue weighted by Crippen LogP contribution is -2.34. The van der Waals surface area contributed by atoms with Gasteiger partial charge in [0.1, 0.15) is 5.82 Å². The Hall–Kier alpha value is -1.65. The Morgan fingerprint density at radius 3 is 2.50 bits per heavy atom. The van der Waals surface area contributed by atoms with Gasteiger partial charge in [-0.05, 0) is 13.8 Å². The van der Waals surface area contributed by atoms with E-state index in [1.807, 2.05) is 20.0 Å². The number of oxime groups is 1. The maximum absolute atomic E-state index is 8.67. The second kappa shape index (κ2) is 4.47. The largest absolute Gasteiger partial charge is 0.411 e. The first kappa shape index (κ1) is 10.9. The van der Waals surface area contributed by atoms with Crippen molar-refractivity contribution in [2.75, 3.05) is 18.0 Å². The summed E-state index contributed by atoms with van der Waals surface area (Å²) in [5.41, 5.74) is 2.81. The fourth-order valence-electron chi connectivity index (χ4n) is 1.78. The van der Waals surface area contributed by atoms with Crippen molar-refractivity contribution in [3.05, 3.63) is 17.6 Å². The average molecular weight is 220 g/mol. The molecule has 0 saturated carbocycles. The van der Waals surface area contributed by atoms with Crippen LogP contribution in [0.5, 0.6) is 0 Å². The second-order valence-corrected chi connectivity index (χ2v) is 4.05. The molecule has 1 fully saturated rings. The van der Waals surface area contributed by atoms with Crippen molar-refractivity contribution in [3.8, 4) is 0 Å². The van der Waals surface area contributed by atoms with Crippen LogP contribution in [0, 0.1) is 13.8 Å². The molecule has 0 aromatic carbocycles. The molecule has 1 saturated heterocycles. The zero-order chi connectivity index (χ0) is 11.5. The van der Waals surface area contributed by atoms with E-state index in [1.165, 1.54) is 0 Å². The van der Waals surface area contributed by atoms with E-state index in [2.05, 4.69) is 20.0 Å². The summed E-state index contributed by atoms with van der Waals surface area (Å²) in [6, 6.07) is 0. The molecular formula is C11H16N4O. The van der Waals surface area contributed by atoms with Crippen LogP contribution in [0.2, 0.25) is 0 Å². The topological polar surface area (TPSA) is 61.6 Å². The lowest BCUT2D eigenvalue weighted by atomic mass is 10.1. The number of nitrogens with zero attached hydrogens (tertiary/aromatic N) is 4. The minimum atomic E-state index is 0.797.